The molecule has 0 fully saturated rings. The lowest BCUT2D eigenvalue weighted by atomic mass is 10.2. The molecule has 2 rings (SSSR count). The van der Waals surface area contributed by atoms with Crippen LogP contribution in [0.25, 0.3) is 0 Å². The Morgan fingerprint density at radius 2 is 2.18 bits per heavy atom. The van der Waals surface area contributed by atoms with E-state index in [2.05, 4.69) is 15.5 Å². The highest BCUT2D eigenvalue weighted by Crippen LogP contribution is 2.32. The van der Waals surface area contributed by atoms with Gasteiger partial charge in [0.15, 0.2) is 0 Å². The van der Waals surface area contributed by atoms with E-state index in [-0.39, 0.29) is 0 Å². The van der Waals surface area contributed by atoms with Crippen molar-refractivity contribution < 1.29 is 0 Å². The van der Waals surface area contributed by atoms with Crippen molar-refractivity contribution in [1.82, 2.24) is 10.2 Å². The molecular weight excluding hydrogens is 236 g/mol. The Balaban J connectivity index is 2.18. The van der Waals surface area contributed by atoms with Crippen LogP contribution < -0.4 is 10.2 Å². The fourth-order valence-corrected chi connectivity index (χ4v) is 2.03. The summed E-state index contributed by atoms with van der Waals surface area (Å²) in [7, 11) is 3.95. The monoisotopic (exact) mass is 250 g/mol. The molecular formula is C12H15ClN4. The number of para-hydroxylation sites is 1. The molecule has 1 heterocycles. The van der Waals surface area contributed by atoms with Crippen LogP contribution in [0.2, 0.25) is 5.02 Å². The van der Waals surface area contributed by atoms with Crippen molar-refractivity contribution in [2.24, 2.45) is 0 Å². The first-order chi connectivity index (χ1) is 8.18. The van der Waals surface area contributed by atoms with Gasteiger partial charge < -0.3 is 10.2 Å². The van der Waals surface area contributed by atoms with Crippen molar-refractivity contribution in [1.29, 1.82) is 0 Å². The number of halogens is 1. The number of rotatable bonds is 4. The van der Waals surface area contributed by atoms with Gasteiger partial charge in [-0.25, -0.2) is 0 Å². The Morgan fingerprint density at radius 3 is 2.82 bits per heavy atom. The number of nitrogens with zero attached hydrogens (tertiary/aromatic N) is 2. The van der Waals surface area contributed by atoms with Gasteiger partial charge in [-0.15, -0.1) is 0 Å². The zero-order valence-corrected chi connectivity index (χ0v) is 10.6. The van der Waals surface area contributed by atoms with Crippen LogP contribution in [-0.4, -0.2) is 24.3 Å². The van der Waals surface area contributed by atoms with Gasteiger partial charge in [-0.3, -0.25) is 5.10 Å². The molecule has 1 aromatic heterocycles. The van der Waals surface area contributed by atoms with E-state index in [4.69, 9.17) is 11.6 Å². The van der Waals surface area contributed by atoms with E-state index in [1.807, 2.05) is 43.3 Å². The Morgan fingerprint density at radius 1 is 1.35 bits per heavy atom. The molecule has 4 nitrogen and oxygen atoms in total. The predicted molar refractivity (Wildman–Crippen MR) is 71.7 cm³/mol. The van der Waals surface area contributed by atoms with E-state index >= 15 is 0 Å². The van der Waals surface area contributed by atoms with Gasteiger partial charge >= 0.3 is 0 Å². The summed E-state index contributed by atoms with van der Waals surface area (Å²) in [4.78, 5) is 2.00. The molecule has 0 radical (unpaired) electrons. The number of aromatic amines is 1. The van der Waals surface area contributed by atoms with Crippen LogP contribution in [-0.2, 0) is 6.54 Å². The van der Waals surface area contributed by atoms with E-state index < -0.39 is 0 Å². The molecule has 0 aliphatic heterocycles. The lowest BCUT2D eigenvalue weighted by Crippen LogP contribution is -2.12. The van der Waals surface area contributed by atoms with Gasteiger partial charge in [0, 0.05) is 20.3 Å². The van der Waals surface area contributed by atoms with Gasteiger partial charge in [0.25, 0.3) is 0 Å². The van der Waals surface area contributed by atoms with Gasteiger partial charge in [-0.2, -0.15) is 5.10 Å². The molecule has 2 N–H and O–H groups in total. The molecule has 0 aliphatic carbocycles. The van der Waals surface area contributed by atoms with E-state index in [9.17, 15) is 0 Å². The van der Waals surface area contributed by atoms with Crippen molar-refractivity contribution in [3.8, 4) is 0 Å². The molecule has 0 spiro atoms. The number of H-pyrrole nitrogens is 1. The summed E-state index contributed by atoms with van der Waals surface area (Å²) in [6.07, 6.45) is 1.74. The normalized spacial score (nSPS) is 10.3. The van der Waals surface area contributed by atoms with E-state index in [0.29, 0.717) is 6.54 Å². The Bertz CT molecular complexity index is 479. The molecule has 0 bridgehead atoms. The van der Waals surface area contributed by atoms with E-state index in [1.54, 1.807) is 6.20 Å². The van der Waals surface area contributed by atoms with Crippen LogP contribution in [0, 0.1) is 0 Å². The van der Waals surface area contributed by atoms with E-state index in [1.165, 1.54) is 0 Å². The first-order valence-corrected chi connectivity index (χ1v) is 5.74. The number of anilines is 2. The summed E-state index contributed by atoms with van der Waals surface area (Å²) in [5.74, 6) is 0. The smallest absolute Gasteiger partial charge is 0.0786 e. The highest BCUT2D eigenvalue weighted by atomic mass is 35.5. The molecule has 0 unspecified atom stereocenters. The number of hydrogen-bond donors (Lipinski definition) is 2. The largest absolute Gasteiger partial charge is 0.378 e. The highest BCUT2D eigenvalue weighted by molar-refractivity contribution is 6.34. The zero-order valence-electron chi connectivity index (χ0n) is 9.87. The third kappa shape index (κ3) is 2.71. The fraction of sp³-hybridized carbons (Fsp3) is 0.250. The van der Waals surface area contributed by atoms with Crippen molar-refractivity contribution in [2.75, 3.05) is 24.3 Å². The van der Waals surface area contributed by atoms with Gasteiger partial charge in [0.2, 0.25) is 0 Å². The molecule has 0 atom stereocenters. The van der Waals surface area contributed by atoms with Gasteiger partial charge in [0.05, 0.1) is 28.6 Å². The number of aromatic nitrogens is 2. The van der Waals surface area contributed by atoms with Crippen LogP contribution >= 0.6 is 11.6 Å². The zero-order chi connectivity index (χ0) is 12.3. The molecule has 0 aliphatic rings. The van der Waals surface area contributed by atoms with Crippen LogP contribution in [0.1, 0.15) is 5.69 Å². The van der Waals surface area contributed by atoms with Crippen molar-refractivity contribution in [3.63, 3.8) is 0 Å². The van der Waals surface area contributed by atoms with Crippen LogP contribution in [0.3, 0.4) is 0 Å². The van der Waals surface area contributed by atoms with Gasteiger partial charge in [-0.05, 0) is 18.2 Å². The molecule has 5 heteroatoms. The van der Waals surface area contributed by atoms with Crippen LogP contribution in [0.15, 0.2) is 30.5 Å². The average Bonchev–Trinajstić information content (AvgIpc) is 2.78. The molecule has 90 valence electrons. The van der Waals surface area contributed by atoms with E-state index in [0.717, 1.165) is 22.1 Å². The van der Waals surface area contributed by atoms with Crippen LogP contribution in [0.4, 0.5) is 11.4 Å². The number of benzene rings is 1. The molecule has 1 aromatic carbocycles. The second-order valence-corrected chi connectivity index (χ2v) is 4.37. The standard InChI is InChI=1S/C12H15ClN4/c1-17(2)12-10(13)4-3-5-11(12)14-8-9-6-7-15-16-9/h3-7,14H,8H2,1-2H3,(H,15,16). The van der Waals surface area contributed by atoms with Crippen molar-refractivity contribution in [3.05, 3.63) is 41.2 Å². The predicted octanol–water partition coefficient (Wildman–Crippen LogP) is 2.74. The molecule has 0 saturated carbocycles. The quantitative estimate of drug-likeness (QED) is 0.877. The first kappa shape index (κ1) is 11.8. The Kier molecular flexibility index (Phi) is 3.54. The maximum Gasteiger partial charge on any atom is 0.0786 e. The van der Waals surface area contributed by atoms with Crippen LogP contribution in [0.5, 0.6) is 0 Å². The molecule has 0 amide bonds. The van der Waals surface area contributed by atoms with Gasteiger partial charge in [-0.1, -0.05) is 17.7 Å². The maximum atomic E-state index is 6.18. The summed E-state index contributed by atoms with van der Waals surface area (Å²) in [5, 5.41) is 10.9. The molecule has 2 aromatic rings. The second kappa shape index (κ2) is 5.10. The third-order valence-electron chi connectivity index (χ3n) is 2.46. The lowest BCUT2D eigenvalue weighted by molar-refractivity contribution is 0.979. The minimum absolute atomic E-state index is 0.696. The summed E-state index contributed by atoms with van der Waals surface area (Å²) in [6.45, 7) is 0.696. The second-order valence-electron chi connectivity index (χ2n) is 3.97. The minimum atomic E-state index is 0.696. The van der Waals surface area contributed by atoms with Crippen molar-refractivity contribution in [2.45, 2.75) is 6.54 Å². The molecule has 0 saturated heterocycles. The average molecular weight is 251 g/mol. The summed E-state index contributed by atoms with van der Waals surface area (Å²) in [5.41, 5.74) is 3.04. The lowest BCUT2D eigenvalue weighted by Gasteiger charge is -2.19. The SMILES string of the molecule is CN(C)c1c(Cl)cccc1NCc1ccn[nH]1. The summed E-state index contributed by atoms with van der Waals surface area (Å²) >= 11 is 6.18. The Hall–Kier alpha value is -1.68. The maximum absolute atomic E-state index is 6.18. The first-order valence-electron chi connectivity index (χ1n) is 5.36. The summed E-state index contributed by atoms with van der Waals surface area (Å²) < 4.78 is 0. The highest BCUT2D eigenvalue weighted by Gasteiger charge is 2.08. The fourth-order valence-electron chi connectivity index (χ4n) is 1.69. The summed E-state index contributed by atoms with van der Waals surface area (Å²) in [6, 6.07) is 7.77. The minimum Gasteiger partial charge on any atom is -0.378 e. The number of nitrogens with one attached hydrogen (secondary N) is 2. The third-order valence-corrected chi connectivity index (χ3v) is 2.77. The molecule has 17 heavy (non-hydrogen) atoms. The number of hydrogen-bond acceptors (Lipinski definition) is 3. The van der Waals surface area contributed by atoms with Crippen molar-refractivity contribution >= 4 is 23.0 Å². The Labute approximate surface area is 106 Å². The van der Waals surface area contributed by atoms with Gasteiger partial charge in [0.1, 0.15) is 0 Å². The topological polar surface area (TPSA) is 44.0 Å².